The molecule has 0 aromatic heterocycles. The number of rotatable bonds is 6. The van der Waals surface area contributed by atoms with Gasteiger partial charge >= 0.3 is 0 Å². The lowest BCUT2D eigenvalue weighted by Crippen LogP contribution is -2.69. The molecule has 5 rings (SSSR count). The standard InChI is InChI=1S/C25H32B6FN3O5/c26-23(27)19(20(36)33-22(38)24(23,28)29)35-21(37)15-2-1-3-17(18(15)25(35,30)31)40-12-14-5-4-13(10-16(14)32)11-34-6-8-39-9-7-34/h1-5,10,19H,6-9,11-12,26-31H2,(H,33,36,38). The molecule has 1 atom stereocenters. The Kier molecular flexibility index (Phi) is 7.28. The van der Waals surface area contributed by atoms with Crippen LogP contribution in [0.2, 0.25) is 10.4 Å². The zero-order valence-corrected chi connectivity index (χ0v) is 24.1. The van der Waals surface area contributed by atoms with Crippen LogP contribution in [0.3, 0.4) is 0 Å². The fraction of sp³-hybridized carbons (Fsp3) is 0.400. The van der Waals surface area contributed by atoms with Gasteiger partial charge in [0.1, 0.15) is 71.3 Å². The molecule has 3 aliphatic heterocycles. The van der Waals surface area contributed by atoms with Crippen LogP contribution in [0.1, 0.15) is 27.0 Å². The van der Waals surface area contributed by atoms with E-state index < -0.39 is 27.7 Å². The Labute approximate surface area is 239 Å². The van der Waals surface area contributed by atoms with Gasteiger partial charge in [-0.25, -0.2) is 4.39 Å². The van der Waals surface area contributed by atoms with E-state index in [0.29, 0.717) is 42.2 Å². The molecule has 0 aliphatic carbocycles. The number of hydrogen-bond acceptors (Lipinski definition) is 6. The molecule has 3 aliphatic rings. The summed E-state index contributed by atoms with van der Waals surface area (Å²) in [6.07, 6.45) is 0. The second-order valence-electron chi connectivity index (χ2n) is 12.6. The molecular formula is C25H32B6FN3O5. The van der Waals surface area contributed by atoms with E-state index >= 15 is 4.39 Å². The molecular weight excluding hydrogens is 506 g/mol. The number of fused-ring (bicyclic) bond motifs is 1. The molecule has 2 aromatic rings. The molecule has 1 unspecified atom stereocenters. The molecule has 0 spiro atoms. The minimum absolute atomic E-state index is 0.0126. The van der Waals surface area contributed by atoms with Crippen LogP contribution in [-0.2, 0) is 32.8 Å². The number of amides is 3. The second-order valence-corrected chi connectivity index (χ2v) is 12.6. The van der Waals surface area contributed by atoms with Gasteiger partial charge in [-0.15, -0.1) is 0 Å². The predicted molar refractivity (Wildman–Crippen MR) is 165 cm³/mol. The van der Waals surface area contributed by atoms with E-state index in [-0.39, 0.29) is 24.2 Å². The number of carbonyl (C=O) groups is 3. The van der Waals surface area contributed by atoms with E-state index in [0.717, 1.165) is 18.7 Å². The van der Waals surface area contributed by atoms with Crippen molar-refractivity contribution in [3.05, 3.63) is 64.5 Å². The summed E-state index contributed by atoms with van der Waals surface area (Å²) < 4.78 is 26.6. The van der Waals surface area contributed by atoms with Gasteiger partial charge in [-0.3, -0.25) is 24.6 Å². The maximum atomic E-state index is 15.1. The fourth-order valence-corrected chi connectivity index (χ4v) is 6.12. The van der Waals surface area contributed by atoms with Crippen molar-refractivity contribution in [3.63, 3.8) is 0 Å². The molecule has 0 bridgehead atoms. The fourth-order valence-electron chi connectivity index (χ4n) is 6.12. The van der Waals surface area contributed by atoms with E-state index in [9.17, 15) is 14.4 Å². The third kappa shape index (κ3) is 4.61. The van der Waals surface area contributed by atoms with Crippen molar-refractivity contribution in [1.29, 1.82) is 0 Å². The first-order valence-electron chi connectivity index (χ1n) is 13.8. The summed E-state index contributed by atoms with van der Waals surface area (Å²) in [7, 11) is 11.0. The number of piperidine rings is 1. The summed E-state index contributed by atoms with van der Waals surface area (Å²) in [5.74, 6) is -1.04. The number of nitrogens with one attached hydrogen (secondary N) is 1. The maximum absolute atomic E-state index is 15.1. The maximum Gasteiger partial charge on any atom is 0.254 e. The van der Waals surface area contributed by atoms with Crippen LogP contribution in [0.5, 0.6) is 5.75 Å². The lowest BCUT2D eigenvalue weighted by Gasteiger charge is -2.55. The topological polar surface area (TPSA) is 88.2 Å². The van der Waals surface area contributed by atoms with E-state index in [4.69, 9.17) is 9.47 Å². The molecule has 15 heteroatoms. The Morgan fingerprint density at radius 3 is 2.40 bits per heavy atom. The number of hydrogen-bond donors (Lipinski definition) is 1. The van der Waals surface area contributed by atoms with Gasteiger partial charge in [0.25, 0.3) is 5.91 Å². The molecule has 40 heavy (non-hydrogen) atoms. The Morgan fingerprint density at radius 1 is 1.02 bits per heavy atom. The zero-order valence-electron chi connectivity index (χ0n) is 24.1. The van der Waals surface area contributed by atoms with Gasteiger partial charge in [-0.1, -0.05) is 23.4 Å². The third-order valence-corrected chi connectivity index (χ3v) is 9.31. The molecule has 3 amide bonds. The van der Waals surface area contributed by atoms with Gasteiger partial charge in [0.05, 0.1) is 13.2 Å². The first kappa shape index (κ1) is 28.6. The SMILES string of the molecule is BC1(B)c2c(OCc3ccc(CN4CCOCC4)cc3F)cccc2C(=O)N1C1C(=O)NC(=O)C(B)(B)C1(B)B. The molecule has 202 valence electrons. The Bertz CT molecular complexity index is 1380. The second kappa shape index (κ2) is 10.2. The summed E-state index contributed by atoms with van der Waals surface area (Å²) >= 11 is 0. The molecule has 0 saturated carbocycles. The van der Waals surface area contributed by atoms with Crippen LogP contribution in [0.25, 0.3) is 0 Å². The number of halogens is 1. The summed E-state index contributed by atoms with van der Waals surface area (Å²) in [4.78, 5) is 43.6. The average Bonchev–Trinajstić information content (AvgIpc) is 3.09. The minimum atomic E-state index is -0.931. The summed E-state index contributed by atoms with van der Waals surface area (Å²) in [6.45, 7) is 3.67. The summed E-state index contributed by atoms with van der Waals surface area (Å²) in [5.41, 5.74) is 2.38. The molecule has 3 heterocycles. The van der Waals surface area contributed by atoms with Crippen molar-refractivity contribution in [2.45, 2.75) is 35.0 Å². The van der Waals surface area contributed by atoms with E-state index in [1.807, 2.05) is 37.5 Å². The van der Waals surface area contributed by atoms with Gasteiger partial charge in [-0.05, 0) is 29.0 Å². The number of carbonyl (C=O) groups excluding carboxylic acids is 3. The molecule has 1 N–H and O–H groups in total. The first-order chi connectivity index (χ1) is 18.8. The Balaban J connectivity index is 1.40. The lowest BCUT2D eigenvalue weighted by molar-refractivity contribution is -0.138. The largest absolute Gasteiger partial charge is 0.488 e. The number of morpholine rings is 1. The average molecular weight is 538 g/mol. The first-order valence-corrected chi connectivity index (χ1v) is 13.8. The number of ether oxygens (including phenoxy) is 2. The molecule has 8 nitrogen and oxygen atoms in total. The normalized spacial score (nSPS) is 23.5. The molecule has 2 fully saturated rings. The van der Waals surface area contributed by atoms with Gasteiger partial charge in [0, 0.05) is 41.7 Å². The summed E-state index contributed by atoms with van der Waals surface area (Å²) in [5, 5.41) is -0.204. The smallest absolute Gasteiger partial charge is 0.254 e. The Morgan fingerprint density at radius 2 is 1.73 bits per heavy atom. The minimum Gasteiger partial charge on any atom is -0.488 e. The highest BCUT2D eigenvalue weighted by molar-refractivity contribution is 6.63. The van der Waals surface area contributed by atoms with Crippen LogP contribution in [-0.4, -0.2) is 107 Å². The van der Waals surface area contributed by atoms with E-state index in [1.165, 1.54) is 0 Å². The monoisotopic (exact) mass is 539 g/mol. The number of nitrogens with zero attached hydrogens (tertiary/aromatic N) is 2. The zero-order chi connectivity index (χ0) is 29.0. The van der Waals surface area contributed by atoms with Gasteiger partial charge in [-0.2, -0.15) is 0 Å². The van der Waals surface area contributed by atoms with Gasteiger partial charge < -0.3 is 14.4 Å². The van der Waals surface area contributed by atoms with Gasteiger partial charge in [0.2, 0.25) is 11.8 Å². The van der Waals surface area contributed by atoms with Crippen molar-refractivity contribution in [2.75, 3.05) is 26.3 Å². The van der Waals surface area contributed by atoms with E-state index in [1.54, 1.807) is 50.9 Å². The molecule has 2 aromatic carbocycles. The van der Waals surface area contributed by atoms with E-state index in [2.05, 4.69) is 10.2 Å². The predicted octanol–water partition coefficient (Wildman–Crippen LogP) is -4.14. The summed E-state index contributed by atoms with van der Waals surface area (Å²) in [6, 6.07) is 9.52. The number of benzene rings is 2. The molecule has 2 saturated heterocycles. The highest BCUT2D eigenvalue weighted by Crippen LogP contribution is 2.53. The highest BCUT2D eigenvalue weighted by Gasteiger charge is 2.61. The van der Waals surface area contributed by atoms with Crippen LogP contribution < -0.4 is 10.1 Å². The Hall–Kier alpha value is -2.91. The lowest BCUT2D eigenvalue weighted by atomic mass is 9.26. The van der Waals surface area contributed by atoms with Crippen LogP contribution in [0.15, 0.2) is 36.4 Å². The third-order valence-electron chi connectivity index (χ3n) is 9.31. The van der Waals surface area contributed by atoms with Crippen molar-refractivity contribution in [3.8, 4) is 5.75 Å². The van der Waals surface area contributed by atoms with Gasteiger partial charge in [0.15, 0.2) is 0 Å². The van der Waals surface area contributed by atoms with Crippen LogP contribution >= 0.6 is 0 Å². The van der Waals surface area contributed by atoms with Crippen LogP contribution in [0, 0.1) is 5.82 Å². The number of imide groups is 1. The van der Waals surface area contributed by atoms with Crippen molar-refractivity contribution in [2.24, 2.45) is 0 Å². The highest BCUT2D eigenvalue weighted by atomic mass is 19.1. The van der Waals surface area contributed by atoms with Crippen LogP contribution in [0.4, 0.5) is 4.39 Å². The van der Waals surface area contributed by atoms with Crippen molar-refractivity contribution >= 4 is 64.8 Å². The van der Waals surface area contributed by atoms with Crippen molar-refractivity contribution < 1.29 is 28.2 Å². The van der Waals surface area contributed by atoms with Crippen molar-refractivity contribution in [1.82, 2.24) is 15.1 Å². The quantitative estimate of drug-likeness (QED) is 0.297. The molecule has 0 radical (unpaired) electrons.